The number of hydrogen-bond acceptors (Lipinski definition) is 4. The first-order valence-corrected chi connectivity index (χ1v) is 34.9. The zero-order valence-electron chi connectivity index (χ0n) is 55.8. The molecule has 0 fully saturated rings. The van der Waals surface area contributed by atoms with Gasteiger partial charge in [-0.3, -0.25) is 0 Å². The summed E-state index contributed by atoms with van der Waals surface area (Å²) >= 11 is 4.01. The van der Waals surface area contributed by atoms with Crippen LogP contribution in [-0.2, 0) is 126 Å². The van der Waals surface area contributed by atoms with Crippen molar-refractivity contribution in [2.24, 2.45) is 0 Å². The number of fused-ring (bicyclic) bond motifs is 16. The molecule has 4 heterocycles. The van der Waals surface area contributed by atoms with Gasteiger partial charge in [-0.2, -0.15) is 121 Å². The SMILES string of the molecule is CC.CC.CC.CC.CCc1cc2c(o1)C(c1[c-]cccc1)(c1[c-]cccc1)c1cc(CC)oc1C21c2ccccc2Cc2ccccc21.CCc1cc2c(s1)C(c1[c-]cccc1)(c1[c-]cccc1)c1cc(CC)sc1C21c2ccccc2Cc2ccccc21.[Y].[Y]. The number of thiophene rings is 2. The number of furan rings is 2. The maximum atomic E-state index is 7.09. The van der Waals surface area contributed by atoms with Crippen molar-refractivity contribution in [2.75, 3.05) is 0 Å². The molecule has 6 heteroatoms. The van der Waals surface area contributed by atoms with E-state index in [1.807, 2.05) is 102 Å². The van der Waals surface area contributed by atoms with E-state index in [9.17, 15) is 0 Å². The number of hydrogen-bond donors (Lipinski definition) is 0. The first kappa shape index (κ1) is 70.2. The average molecular weight is 1390 g/mol. The summed E-state index contributed by atoms with van der Waals surface area (Å²) < 4.78 is 14.1. The van der Waals surface area contributed by atoms with E-state index in [-0.39, 0.29) is 70.8 Å². The molecule has 12 aromatic rings. The Morgan fingerprint density at radius 1 is 0.315 bits per heavy atom. The van der Waals surface area contributed by atoms with Gasteiger partial charge in [-0.1, -0.05) is 180 Å². The summed E-state index contributed by atoms with van der Waals surface area (Å²) in [7, 11) is 0. The van der Waals surface area contributed by atoms with E-state index in [1.165, 1.54) is 86.3 Å². The molecule has 0 bridgehead atoms. The topological polar surface area (TPSA) is 26.3 Å². The van der Waals surface area contributed by atoms with Crippen LogP contribution in [0.1, 0.15) is 215 Å². The monoisotopic (exact) mass is 1390 g/mol. The van der Waals surface area contributed by atoms with Crippen LogP contribution < -0.4 is 0 Å². The maximum Gasteiger partial charge on any atom is 0.128 e. The molecule has 0 atom stereocenters. The molecule has 0 amide bonds. The van der Waals surface area contributed by atoms with Crippen molar-refractivity contribution < 1.29 is 74.3 Å². The van der Waals surface area contributed by atoms with Crippen LogP contribution in [0.15, 0.2) is 227 Å². The van der Waals surface area contributed by atoms with Gasteiger partial charge >= 0.3 is 0 Å². The van der Waals surface area contributed by atoms with Gasteiger partial charge in [-0.15, -0.1) is 44.9 Å². The zero-order chi connectivity index (χ0) is 63.2. The first-order chi connectivity index (χ1) is 44.4. The van der Waals surface area contributed by atoms with Crippen molar-refractivity contribution in [1.82, 2.24) is 0 Å². The first-order valence-electron chi connectivity index (χ1n) is 33.2. The standard InChI is InChI=1S/C39H30O2.C39H30S2.4C2H6.2Y/c2*1-3-30-24-34-37(41-30)39(32-21-13-11-15-26(32)23-27-16-12-14-22-33(27)39)35-25-31(4-2)40-36(35)38(34,28-17-7-5-8-18-28)29-19-9-6-10-20-29;4*1-2;;/h2*5-17,19,21-22,24-25H,3-4,23H2,1-2H3;4*1-2H3;;/q2*-2;;;;;;. The summed E-state index contributed by atoms with van der Waals surface area (Å²) in [6.45, 7) is 24.9. The van der Waals surface area contributed by atoms with Crippen LogP contribution in [0.2, 0.25) is 0 Å². The van der Waals surface area contributed by atoms with Crippen molar-refractivity contribution >= 4 is 22.7 Å². The third-order valence-corrected chi connectivity index (χ3v) is 21.2. The van der Waals surface area contributed by atoms with Crippen molar-refractivity contribution in [1.29, 1.82) is 0 Å². The van der Waals surface area contributed by atoms with Gasteiger partial charge < -0.3 is 8.83 Å². The Labute approximate surface area is 608 Å². The summed E-state index contributed by atoms with van der Waals surface area (Å²) in [6, 6.07) is 94.4. The molecule has 2 radical (unpaired) electrons. The smallest absolute Gasteiger partial charge is 0.128 e. The molecule has 2 spiro atoms. The Morgan fingerprint density at radius 2 is 0.609 bits per heavy atom. The van der Waals surface area contributed by atoms with Gasteiger partial charge in [-0.05, 0) is 106 Å². The Morgan fingerprint density at radius 3 is 0.946 bits per heavy atom. The van der Waals surface area contributed by atoms with Crippen LogP contribution in [0.4, 0.5) is 0 Å². The molecule has 8 aromatic carbocycles. The van der Waals surface area contributed by atoms with Crippen LogP contribution in [0, 0.1) is 24.3 Å². The molecule has 0 N–H and O–H groups in total. The van der Waals surface area contributed by atoms with Gasteiger partial charge in [0.05, 0.1) is 10.8 Å². The van der Waals surface area contributed by atoms with E-state index in [2.05, 4.69) is 246 Å². The van der Waals surface area contributed by atoms with E-state index in [1.54, 1.807) is 0 Å². The molecule has 2 nitrogen and oxygen atoms in total. The van der Waals surface area contributed by atoms with Gasteiger partial charge in [-0.25, -0.2) is 0 Å². The minimum absolute atomic E-state index is 0. The Bertz CT molecular complexity index is 3790. The minimum atomic E-state index is -0.774. The van der Waals surface area contributed by atoms with Gasteiger partial charge in [0.2, 0.25) is 0 Å². The van der Waals surface area contributed by atoms with E-state index in [0.29, 0.717) is 0 Å². The van der Waals surface area contributed by atoms with Crippen LogP contribution in [0.3, 0.4) is 0 Å². The van der Waals surface area contributed by atoms with Gasteiger partial charge in [0, 0.05) is 114 Å². The number of benzene rings is 8. The maximum absolute atomic E-state index is 7.09. The van der Waals surface area contributed by atoms with Crippen LogP contribution in [0.25, 0.3) is 0 Å². The fourth-order valence-electron chi connectivity index (χ4n) is 15.0. The van der Waals surface area contributed by atoms with Crippen LogP contribution in [0.5, 0.6) is 0 Å². The van der Waals surface area contributed by atoms with Crippen molar-refractivity contribution in [2.45, 2.75) is 143 Å². The fraction of sp³-hybridized carbons (Fsp3) is 0.256. The summed E-state index contributed by atoms with van der Waals surface area (Å²) in [5.41, 5.74) is 18.2. The van der Waals surface area contributed by atoms with E-state index in [0.717, 1.165) is 83.8 Å². The average Bonchev–Trinajstić information content (AvgIpc) is 1.37. The van der Waals surface area contributed by atoms with E-state index in [4.69, 9.17) is 8.83 Å². The second-order valence-electron chi connectivity index (χ2n) is 22.3. The predicted molar refractivity (Wildman–Crippen MR) is 377 cm³/mol. The molecule has 16 rings (SSSR count). The summed E-state index contributed by atoms with van der Waals surface area (Å²) in [5.74, 6) is 3.83. The summed E-state index contributed by atoms with van der Waals surface area (Å²) in [5, 5.41) is 0. The third kappa shape index (κ3) is 10.9. The molecular formula is C86H84O2S2Y2-4. The Kier molecular flexibility index (Phi) is 23.3. The second-order valence-corrected chi connectivity index (χ2v) is 24.6. The van der Waals surface area contributed by atoms with Crippen molar-refractivity contribution in [3.63, 3.8) is 0 Å². The molecule has 0 unspecified atom stereocenters. The van der Waals surface area contributed by atoms with Crippen LogP contribution in [-0.4, -0.2) is 0 Å². The molecular weight excluding hydrogens is 1310 g/mol. The van der Waals surface area contributed by atoms with E-state index < -0.39 is 16.2 Å². The van der Waals surface area contributed by atoms with Crippen molar-refractivity contribution in [3.8, 4) is 0 Å². The second kappa shape index (κ2) is 30.6. The molecule has 4 aromatic heterocycles. The normalized spacial score (nSPS) is 14.1. The minimum Gasteiger partial charge on any atom is -0.464 e. The van der Waals surface area contributed by atoms with Gasteiger partial charge in [0.1, 0.15) is 28.5 Å². The molecule has 0 saturated carbocycles. The summed E-state index contributed by atoms with van der Waals surface area (Å²) in [4.78, 5) is 5.73. The quantitative estimate of drug-likeness (QED) is 0.142. The molecule has 4 aliphatic rings. The zero-order valence-corrected chi connectivity index (χ0v) is 63.1. The molecule has 462 valence electrons. The Balaban J connectivity index is 0.000000193. The number of aryl methyl sites for hydroxylation is 4. The molecule has 4 aliphatic carbocycles. The third-order valence-electron chi connectivity index (χ3n) is 18.4. The van der Waals surface area contributed by atoms with Crippen molar-refractivity contribution in [3.05, 3.63) is 374 Å². The number of rotatable bonds is 8. The molecule has 0 aliphatic heterocycles. The van der Waals surface area contributed by atoms with Gasteiger partial charge in [0.15, 0.2) is 0 Å². The Hall–Kier alpha value is -6.07. The van der Waals surface area contributed by atoms with Gasteiger partial charge in [0.25, 0.3) is 0 Å². The molecule has 0 saturated heterocycles. The van der Waals surface area contributed by atoms with E-state index >= 15 is 0 Å². The largest absolute Gasteiger partial charge is 0.464 e. The fourth-order valence-corrected chi connectivity index (χ4v) is 17.8. The molecule has 92 heavy (non-hydrogen) atoms. The predicted octanol–water partition coefficient (Wildman–Crippen LogP) is 22.2. The summed E-state index contributed by atoms with van der Waals surface area (Å²) in [6.07, 6.45) is 5.47. The van der Waals surface area contributed by atoms with Crippen LogP contribution >= 0.6 is 22.7 Å².